The minimum absolute atomic E-state index is 0.463. The maximum absolute atomic E-state index is 10.8. The summed E-state index contributed by atoms with van der Waals surface area (Å²) in [7, 11) is 0. The molecule has 1 heterocycles. The van der Waals surface area contributed by atoms with Crippen molar-refractivity contribution in [3.8, 4) is 0 Å². The molecule has 74 valence electrons. The van der Waals surface area contributed by atoms with Crippen molar-refractivity contribution in [2.24, 2.45) is 0 Å². The van der Waals surface area contributed by atoms with Crippen LogP contribution in [0.4, 0.5) is 0 Å². The van der Waals surface area contributed by atoms with E-state index in [1.807, 2.05) is 12.1 Å². The highest BCUT2D eigenvalue weighted by Crippen LogP contribution is 2.24. The molecule has 3 nitrogen and oxygen atoms in total. The molecule has 4 heteroatoms. The summed E-state index contributed by atoms with van der Waals surface area (Å²) in [6.45, 7) is 0.576. The zero-order chi connectivity index (χ0) is 10.1. The maximum Gasteiger partial charge on any atom is 0.321 e. The Balaban J connectivity index is 2.33. The van der Waals surface area contributed by atoms with Crippen molar-refractivity contribution in [2.45, 2.75) is 19.0 Å². The second-order valence-electron chi connectivity index (χ2n) is 3.35. The highest BCUT2D eigenvalue weighted by molar-refractivity contribution is 6.31. The number of carboxylic acids is 1. The third-order valence-corrected chi connectivity index (χ3v) is 2.82. The lowest BCUT2D eigenvalue weighted by atomic mass is 9.96. The Kier molecular flexibility index (Phi) is 2.44. The van der Waals surface area contributed by atoms with E-state index in [9.17, 15) is 4.79 Å². The zero-order valence-electron chi connectivity index (χ0n) is 7.46. The van der Waals surface area contributed by atoms with Crippen LogP contribution in [0.25, 0.3) is 0 Å². The van der Waals surface area contributed by atoms with Crippen LogP contribution in [-0.4, -0.2) is 17.1 Å². The summed E-state index contributed by atoms with van der Waals surface area (Å²) in [5, 5.41) is 12.5. The largest absolute Gasteiger partial charge is 0.480 e. The number of benzene rings is 1. The first kappa shape index (κ1) is 9.49. The van der Waals surface area contributed by atoms with E-state index in [0.29, 0.717) is 18.0 Å². The van der Waals surface area contributed by atoms with Gasteiger partial charge >= 0.3 is 5.97 Å². The molecule has 1 aromatic rings. The summed E-state index contributed by atoms with van der Waals surface area (Å²) in [6, 6.07) is 5.13. The van der Waals surface area contributed by atoms with Crippen LogP contribution in [0, 0.1) is 0 Å². The Bertz CT molecular complexity index is 378. The number of rotatable bonds is 1. The molecule has 0 fully saturated rings. The minimum atomic E-state index is -0.824. The number of fused-ring (bicyclic) bond motifs is 1. The van der Waals surface area contributed by atoms with Crippen LogP contribution in [0.2, 0.25) is 5.02 Å². The van der Waals surface area contributed by atoms with Crippen molar-refractivity contribution in [2.75, 3.05) is 0 Å². The molecular weight excluding hydrogens is 202 g/mol. The number of carboxylic acid groups (broad SMARTS) is 1. The highest BCUT2D eigenvalue weighted by atomic mass is 35.5. The van der Waals surface area contributed by atoms with E-state index in [4.69, 9.17) is 16.7 Å². The summed E-state index contributed by atoms with van der Waals surface area (Å²) in [6.07, 6.45) is 0.463. The van der Waals surface area contributed by atoms with Crippen molar-refractivity contribution in [3.63, 3.8) is 0 Å². The van der Waals surface area contributed by atoms with Crippen LogP contribution in [0.3, 0.4) is 0 Å². The van der Waals surface area contributed by atoms with Crippen molar-refractivity contribution < 1.29 is 9.90 Å². The lowest BCUT2D eigenvalue weighted by Gasteiger charge is -2.23. The first-order valence-corrected chi connectivity index (χ1v) is 4.78. The van der Waals surface area contributed by atoms with Crippen molar-refractivity contribution in [1.82, 2.24) is 5.32 Å². The molecule has 1 aliphatic heterocycles. The third kappa shape index (κ3) is 1.61. The maximum atomic E-state index is 10.8. The van der Waals surface area contributed by atoms with Gasteiger partial charge in [0.2, 0.25) is 0 Å². The van der Waals surface area contributed by atoms with Crippen LogP contribution < -0.4 is 5.32 Å². The Labute approximate surface area is 86.7 Å². The molecule has 0 spiro atoms. The van der Waals surface area contributed by atoms with E-state index >= 15 is 0 Å². The Morgan fingerprint density at radius 2 is 2.36 bits per heavy atom. The molecule has 0 aliphatic carbocycles. The third-order valence-electron chi connectivity index (χ3n) is 2.46. The number of aliphatic carboxylic acids is 1. The first-order chi connectivity index (χ1) is 6.68. The topological polar surface area (TPSA) is 49.3 Å². The monoisotopic (exact) mass is 211 g/mol. The second kappa shape index (κ2) is 3.59. The van der Waals surface area contributed by atoms with Crippen LogP contribution in [0.1, 0.15) is 11.1 Å². The Hall–Kier alpha value is -1.06. The lowest BCUT2D eigenvalue weighted by Crippen LogP contribution is -2.41. The summed E-state index contributed by atoms with van der Waals surface area (Å²) in [5.41, 5.74) is 2.05. The van der Waals surface area contributed by atoms with Gasteiger partial charge in [0.25, 0.3) is 0 Å². The quantitative estimate of drug-likeness (QED) is 0.739. The fourth-order valence-corrected chi connectivity index (χ4v) is 1.95. The second-order valence-corrected chi connectivity index (χ2v) is 3.76. The van der Waals surface area contributed by atoms with Crippen molar-refractivity contribution >= 4 is 17.6 Å². The fraction of sp³-hybridized carbons (Fsp3) is 0.300. The summed E-state index contributed by atoms with van der Waals surface area (Å²) in [4.78, 5) is 10.8. The molecule has 0 amide bonds. The standard InChI is InChI=1S/C10H10ClNO2/c11-8-3-1-2-6-5-12-9(10(13)14)4-7(6)8/h1-3,9,12H,4-5H2,(H,13,14). The molecule has 1 aromatic carbocycles. The molecule has 0 bridgehead atoms. The summed E-state index contributed by atoms with van der Waals surface area (Å²) in [5.74, 6) is -0.824. The number of hydrogen-bond acceptors (Lipinski definition) is 2. The lowest BCUT2D eigenvalue weighted by molar-refractivity contribution is -0.139. The fourth-order valence-electron chi connectivity index (χ4n) is 1.68. The van der Waals surface area contributed by atoms with Crippen LogP contribution in [-0.2, 0) is 17.8 Å². The SMILES string of the molecule is O=C(O)C1Cc2c(Cl)cccc2CN1. The smallest absolute Gasteiger partial charge is 0.321 e. The van der Waals surface area contributed by atoms with Gasteiger partial charge in [0.1, 0.15) is 6.04 Å². The molecule has 1 atom stereocenters. The molecule has 1 aliphatic rings. The molecule has 1 unspecified atom stereocenters. The van der Waals surface area contributed by atoms with Gasteiger partial charge in [-0.25, -0.2) is 0 Å². The summed E-state index contributed by atoms with van der Waals surface area (Å²) >= 11 is 5.99. The van der Waals surface area contributed by atoms with Gasteiger partial charge in [0.15, 0.2) is 0 Å². The minimum Gasteiger partial charge on any atom is -0.480 e. The number of halogens is 1. The van der Waals surface area contributed by atoms with E-state index < -0.39 is 12.0 Å². The van der Waals surface area contributed by atoms with E-state index in [1.54, 1.807) is 6.07 Å². The van der Waals surface area contributed by atoms with Gasteiger partial charge in [-0.2, -0.15) is 0 Å². The molecule has 14 heavy (non-hydrogen) atoms. The predicted molar refractivity (Wildman–Crippen MR) is 53.4 cm³/mol. The molecule has 0 saturated heterocycles. The number of hydrogen-bond donors (Lipinski definition) is 2. The van der Waals surface area contributed by atoms with Crippen LogP contribution >= 0.6 is 11.6 Å². The van der Waals surface area contributed by atoms with Gasteiger partial charge in [-0.1, -0.05) is 23.7 Å². The van der Waals surface area contributed by atoms with Crippen LogP contribution in [0.5, 0.6) is 0 Å². The number of carbonyl (C=O) groups is 1. The Morgan fingerprint density at radius 3 is 3.07 bits per heavy atom. The highest BCUT2D eigenvalue weighted by Gasteiger charge is 2.24. The van der Waals surface area contributed by atoms with Gasteiger partial charge in [0.05, 0.1) is 0 Å². The van der Waals surface area contributed by atoms with E-state index in [2.05, 4.69) is 5.32 Å². The molecule has 2 N–H and O–H groups in total. The molecule has 0 radical (unpaired) electrons. The predicted octanol–water partition coefficient (Wildman–Crippen LogP) is 1.44. The van der Waals surface area contributed by atoms with E-state index in [1.165, 1.54) is 0 Å². The summed E-state index contributed by atoms with van der Waals surface area (Å²) < 4.78 is 0. The molecule has 2 rings (SSSR count). The molecule has 0 aromatic heterocycles. The van der Waals surface area contributed by atoms with Crippen LogP contribution in [0.15, 0.2) is 18.2 Å². The van der Waals surface area contributed by atoms with Gasteiger partial charge in [-0.15, -0.1) is 0 Å². The van der Waals surface area contributed by atoms with E-state index in [-0.39, 0.29) is 0 Å². The average molecular weight is 212 g/mol. The van der Waals surface area contributed by atoms with Gasteiger partial charge in [-0.3, -0.25) is 4.79 Å². The van der Waals surface area contributed by atoms with Gasteiger partial charge in [0, 0.05) is 18.0 Å². The Morgan fingerprint density at radius 1 is 1.57 bits per heavy atom. The van der Waals surface area contributed by atoms with Crippen molar-refractivity contribution in [1.29, 1.82) is 0 Å². The molecular formula is C10H10ClNO2. The number of nitrogens with one attached hydrogen (secondary N) is 1. The van der Waals surface area contributed by atoms with Crippen molar-refractivity contribution in [3.05, 3.63) is 34.3 Å². The van der Waals surface area contributed by atoms with E-state index in [0.717, 1.165) is 11.1 Å². The first-order valence-electron chi connectivity index (χ1n) is 4.41. The zero-order valence-corrected chi connectivity index (χ0v) is 8.21. The normalized spacial score (nSPS) is 20.2. The molecule has 0 saturated carbocycles. The average Bonchev–Trinajstić information content (AvgIpc) is 2.18. The van der Waals surface area contributed by atoms with Gasteiger partial charge in [-0.05, 0) is 17.2 Å². The van der Waals surface area contributed by atoms with Gasteiger partial charge < -0.3 is 10.4 Å².